The van der Waals surface area contributed by atoms with E-state index in [4.69, 9.17) is 4.74 Å². The highest BCUT2D eigenvalue weighted by Gasteiger charge is 2.07. The molecule has 0 aliphatic rings. The highest BCUT2D eigenvalue weighted by molar-refractivity contribution is 5.65. The molecule has 0 aliphatic carbocycles. The number of amides is 1. The largest absolute Gasteiger partial charge is 0.448 e. The second kappa shape index (κ2) is 6.91. The Bertz CT molecular complexity index is 127. The van der Waals surface area contributed by atoms with E-state index in [9.17, 15) is 4.79 Å². The van der Waals surface area contributed by atoms with E-state index >= 15 is 0 Å². The van der Waals surface area contributed by atoms with Crippen molar-refractivity contribution in [3.8, 4) is 0 Å². The van der Waals surface area contributed by atoms with Gasteiger partial charge in [-0.3, -0.25) is 4.84 Å². The van der Waals surface area contributed by atoms with Crippen LogP contribution >= 0.6 is 0 Å². The highest BCUT2D eigenvalue weighted by atomic mass is 16.7. The monoisotopic (exact) mass is 175 g/mol. The van der Waals surface area contributed by atoms with Crippen LogP contribution in [0.2, 0.25) is 0 Å². The number of carbonyl (C=O) groups is 1. The van der Waals surface area contributed by atoms with Crippen LogP contribution in [-0.4, -0.2) is 31.9 Å². The van der Waals surface area contributed by atoms with Gasteiger partial charge in [0.2, 0.25) is 0 Å². The van der Waals surface area contributed by atoms with E-state index in [1.807, 2.05) is 0 Å². The molecule has 0 atom stereocenters. The first-order valence-corrected chi connectivity index (χ1v) is 4.17. The molecule has 0 saturated heterocycles. The van der Waals surface area contributed by atoms with Crippen molar-refractivity contribution in [3.05, 3.63) is 0 Å². The number of rotatable bonds is 5. The molecule has 0 aliphatic heterocycles. The fourth-order valence-corrected chi connectivity index (χ4v) is 0.677. The average Bonchev–Trinajstić information content (AvgIpc) is 2.10. The highest BCUT2D eigenvalue weighted by Crippen LogP contribution is 1.96. The van der Waals surface area contributed by atoms with Gasteiger partial charge in [0.05, 0.1) is 13.7 Å². The van der Waals surface area contributed by atoms with Crippen LogP contribution in [0.25, 0.3) is 0 Å². The topological polar surface area (TPSA) is 38.8 Å². The molecular weight excluding hydrogens is 158 g/mol. The SMILES string of the molecule is CCCCCOC(=O)N(C)OC. The van der Waals surface area contributed by atoms with E-state index in [0.29, 0.717) is 6.61 Å². The summed E-state index contributed by atoms with van der Waals surface area (Å²) in [5.74, 6) is 0. The lowest BCUT2D eigenvalue weighted by Crippen LogP contribution is -2.26. The Morgan fingerprint density at radius 1 is 1.42 bits per heavy atom. The first kappa shape index (κ1) is 11.2. The maximum absolute atomic E-state index is 10.9. The van der Waals surface area contributed by atoms with Gasteiger partial charge in [-0.2, -0.15) is 5.06 Å². The molecule has 0 aromatic rings. The smallest absolute Gasteiger partial charge is 0.433 e. The lowest BCUT2D eigenvalue weighted by Gasteiger charge is -2.13. The van der Waals surface area contributed by atoms with Gasteiger partial charge in [0, 0.05) is 7.05 Å². The zero-order valence-electron chi connectivity index (χ0n) is 8.00. The zero-order valence-corrected chi connectivity index (χ0v) is 8.00. The molecule has 0 N–H and O–H groups in total. The van der Waals surface area contributed by atoms with Crippen molar-refractivity contribution in [1.29, 1.82) is 0 Å². The number of hydroxylamine groups is 2. The second-order valence-corrected chi connectivity index (χ2v) is 2.50. The van der Waals surface area contributed by atoms with Crippen LogP contribution in [0, 0.1) is 0 Å². The number of hydrogen-bond acceptors (Lipinski definition) is 3. The molecule has 0 bridgehead atoms. The molecule has 4 heteroatoms. The third-order valence-corrected chi connectivity index (χ3v) is 1.50. The summed E-state index contributed by atoms with van der Waals surface area (Å²) < 4.78 is 4.86. The van der Waals surface area contributed by atoms with Gasteiger partial charge in [0.25, 0.3) is 0 Å². The predicted octanol–water partition coefficient (Wildman–Crippen LogP) is 1.81. The quantitative estimate of drug-likeness (QED) is 0.472. The summed E-state index contributed by atoms with van der Waals surface area (Å²) in [6, 6.07) is 0. The molecule has 0 fully saturated rings. The van der Waals surface area contributed by atoms with Crippen LogP contribution in [0.1, 0.15) is 26.2 Å². The summed E-state index contributed by atoms with van der Waals surface area (Å²) in [5.41, 5.74) is 0. The average molecular weight is 175 g/mol. The van der Waals surface area contributed by atoms with E-state index in [2.05, 4.69) is 11.8 Å². The molecule has 0 radical (unpaired) electrons. The molecule has 0 aromatic carbocycles. The molecule has 0 heterocycles. The minimum Gasteiger partial charge on any atom is -0.448 e. The summed E-state index contributed by atoms with van der Waals surface area (Å²) in [4.78, 5) is 15.5. The van der Waals surface area contributed by atoms with Crippen molar-refractivity contribution < 1.29 is 14.4 Å². The fraction of sp³-hybridized carbons (Fsp3) is 0.875. The number of nitrogens with zero attached hydrogens (tertiary/aromatic N) is 1. The van der Waals surface area contributed by atoms with Crippen LogP contribution in [-0.2, 0) is 9.57 Å². The summed E-state index contributed by atoms with van der Waals surface area (Å²) in [6.07, 6.45) is 2.69. The first-order chi connectivity index (χ1) is 5.72. The Morgan fingerprint density at radius 3 is 2.58 bits per heavy atom. The first-order valence-electron chi connectivity index (χ1n) is 4.17. The summed E-state index contributed by atoms with van der Waals surface area (Å²) in [7, 11) is 2.94. The van der Waals surface area contributed by atoms with Gasteiger partial charge in [-0.05, 0) is 6.42 Å². The lowest BCUT2D eigenvalue weighted by molar-refractivity contribution is -0.0905. The van der Waals surface area contributed by atoms with Crippen molar-refractivity contribution in [2.75, 3.05) is 20.8 Å². The molecule has 0 spiro atoms. The minimum absolute atomic E-state index is 0.436. The second-order valence-electron chi connectivity index (χ2n) is 2.50. The third kappa shape index (κ3) is 4.96. The minimum atomic E-state index is -0.436. The van der Waals surface area contributed by atoms with Crippen molar-refractivity contribution in [2.24, 2.45) is 0 Å². The fourth-order valence-electron chi connectivity index (χ4n) is 0.677. The molecule has 0 rings (SSSR count). The number of ether oxygens (including phenoxy) is 1. The third-order valence-electron chi connectivity index (χ3n) is 1.50. The molecule has 4 nitrogen and oxygen atoms in total. The van der Waals surface area contributed by atoms with Crippen LogP contribution < -0.4 is 0 Å². The lowest BCUT2D eigenvalue weighted by atomic mass is 10.3. The molecule has 1 amide bonds. The van der Waals surface area contributed by atoms with Gasteiger partial charge >= 0.3 is 6.09 Å². The predicted molar refractivity (Wildman–Crippen MR) is 45.6 cm³/mol. The van der Waals surface area contributed by atoms with Gasteiger partial charge < -0.3 is 4.74 Å². The summed E-state index contributed by atoms with van der Waals surface area (Å²) in [5, 5.41) is 1.06. The normalized spacial score (nSPS) is 9.58. The molecule has 72 valence electrons. The van der Waals surface area contributed by atoms with Gasteiger partial charge in [0.1, 0.15) is 0 Å². The molecular formula is C8H17NO3. The number of hydrogen-bond donors (Lipinski definition) is 0. The Hall–Kier alpha value is -0.770. The van der Waals surface area contributed by atoms with Gasteiger partial charge in [0.15, 0.2) is 0 Å². The van der Waals surface area contributed by atoms with E-state index in [0.717, 1.165) is 24.3 Å². The van der Waals surface area contributed by atoms with Gasteiger partial charge in [-0.25, -0.2) is 4.79 Å². The Morgan fingerprint density at radius 2 is 2.08 bits per heavy atom. The van der Waals surface area contributed by atoms with E-state index < -0.39 is 6.09 Å². The van der Waals surface area contributed by atoms with Crippen molar-refractivity contribution in [1.82, 2.24) is 5.06 Å². The van der Waals surface area contributed by atoms with Crippen molar-refractivity contribution >= 4 is 6.09 Å². The number of carbonyl (C=O) groups excluding carboxylic acids is 1. The molecule has 0 aromatic heterocycles. The summed E-state index contributed by atoms with van der Waals surface area (Å²) >= 11 is 0. The Balaban J connectivity index is 3.31. The van der Waals surface area contributed by atoms with Crippen LogP contribution in [0.15, 0.2) is 0 Å². The zero-order chi connectivity index (χ0) is 9.40. The van der Waals surface area contributed by atoms with Crippen LogP contribution in [0.3, 0.4) is 0 Å². The van der Waals surface area contributed by atoms with Crippen LogP contribution in [0.5, 0.6) is 0 Å². The van der Waals surface area contributed by atoms with E-state index in [-0.39, 0.29) is 0 Å². The van der Waals surface area contributed by atoms with Gasteiger partial charge in [-0.1, -0.05) is 19.8 Å². The number of unbranched alkanes of at least 4 members (excludes halogenated alkanes) is 2. The maximum atomic E-state index is 10.9. The summed E-state index contributed by atoms with van der Waals surface area (Å²) in [6.45, 7) is 2.57. The molecule has 0 saturated carbocycles. The van der Waals surface area contributed by atoms with Crippen LogP contribution in [0.4, 0.5) is 4.79 Å². The van der Waals surface area contributed by atoms with Crippen molar-refractivity contribution in [3.63, 3.8) is 0 Å². The standard InChI is InChI=1S/C8H17NO3/c1-4-5-6-7-12-8(10)9(2)11-3/h4-7H2,1-3H3. The van der Waals surface area contributed by atoms with E-state index in [1.165, 1.54) is 14.2 Å². The van der Waals surface area contributed by atoms with Crippen molar-refractivity contribution in [2.45, 2.75) is 26.2 Å². The molecule has 0 unspecified atom stereocenters. The van der Waals surface area contributed by atoms with Gasteiger partial charge in [-0.15, -0.1) is 0 Å². The maximum Gasteiger partial charge on any atom is 0.433 e. The Kier molecular flexibility index (Phi) is 6.47. The Labute approximate surface area is 73.4 Å². The molecule has 12 heavy (non-hydrogen) atoms. The van der Waals surface area contributed by atoms with E-state index in [1.54, 1.807) is 0 Å².